The van der Waals surface area contributed by atoms with Crippen molar-refractivity contribution in [2.75, 3.05) is 6.61 Å². The first-order valence-corrected chi connectivity index (χ1v) is 7.87. The molecular formula is C18H13ClN2O5. The van der Waals surface area contributed by atoms with Crippen LogP contribution < -0.4 is 10.2 Å². The third-order valence-electron chi connectivity index (χ3n) is 3.34. The van der Waals surface area contributed by atoms with E-state index >= 15 is 0 Å². The number of amides is 1. The molecule has 0 aliphatic carbocycles. The SMILES string of the molecule is O=C(O)COc1ccc(/C=N/NC(=O)c2cc3ccccc3o2)cc1Cl. The Bertz CT molecular complexity index is 963. The van der Waals surface area contributed by atoms with Crippen molar-refractivity contribution in [3.63, 3.8) is 0 Å². The van der Waals surface area contributed by atoms with Crippen LogP contribution in [0.4, 0.5) is 0 Å². The van der Waals surface area contributed by atoms with Crippen LogP contribution in [0.1, 0.15) is 16.1 Å². The quantitative estimate of drug-likeness (QED) is 0.510. The fraction of sp³-hybridized carbons (Fsp3) is 0.0556. The number of nitrogens with one attached hydrogen (secondary N) is 1. The second-order valence-corrected chi connectivity index (χ2v) is 5.63. The predicted molar refractivity (Wildman–Crippen MR) is 95.9 cm³/mol. The molecule has 0 saturated heterocycles. The van der Waals surface area contributed by atoms with E-state index in [4.69, 9.17) is 25.9 Å². The van der Waals surface area contributed by atoms with Crippen LogP contribution in [-0.4, -0.2) is 29.8 Å². The molecule has 2 N–H and O–H groups in total. The molecule has 3 rings (SSSR count). The number of carbonyl (C=O) groups excluding carboxylic acids is 1. The molecule has 0 fully saturated rings. The van der Waals surface area contributed by atoms with Crippen LogP contribution in [0.2, 0.25) is 5.02 Å². The summed E-state index contributed by atoms with van der Waals surface area (Å²) >= 11 is 6.01. The van der Waals surface area contributed by atoms with Gasteiger partial charge in [-0.15, -0.1) is 0 Å². The van der Waals surface area contributed by atoms with Crippen molar-refractivity contribution in [1.29, 1.82) is 0 Å². The number of carbonyl (C=O) groups is 2. The van der Waals surface area contributed by atoms with E-state index in [1.54, 1.807) is 18.2 Å². The number of fused-ring (bicyclic) bond motifs is 1. The van der Waals surface area contributed by atoms with E-state index in [2.05, 4.69) is 10.5 Å². The maximum Gasteiger partial charge on any atom is 0.341 e. The van der Waals surface area contributed by atoms with Crippen LogP contribution in [0.15, 0.2) is 58.0 Å². The van der Waals surface area contributed by atoms with Gasteiger partial charge in [0.2, 0.25) is 0 Å². The fourth-order valence-corrected chi connectivity index (χ4v) is 2.41. The van der Waals surface area contributed by atoms with Crippen molar-refractivity contribution in [1.82, 2.24) is 5.43 Å². The molecule has 0 unspecified atom stereocenters. The predicted octanol–water partition coefficient (Wildman–Crippen LogP) is 3.31. The lowest BCUT2D eigenvalue weighted by Gasteiger charge is -2.05. The molecule has 2 aromatic carbocycles. The number of furan rings is 1. The standard InChI is InChI=1S/C18H13ClN2O5/c19-13-7-11(5-6-15(13)25-10-17(22)23)9-20-21-18(24)16-8-12-3-1-2-4-14(12)26-16/h1-9H,10H2,(H,21,24)(H,22,23)/b20-9+. The monoisotopic (exact) mass is 372 g/mol. The average molecular weight is 373 g/mol. The summed E-state index contributed by atoms with van der Waals surface area (Å²) in [5, 5.41) is 13.5. The molecule has 0 aliphatic heterocycles. The van der Waals surface area contributed by atoms with Gasteiger partial charge in [-0.25, -0.2) is 10.2 Å². The number of nitrogens with zero attached hydrogens (tertiary/aromatic N) is 1. The van der Waals surface area contributed by atoms with Gasteiger partial charge in [-0.2, -0.15) is 5.10 Å². The molecule has 7 nitrogen and oxygen atoms in total. The molecule has 0 spiro atoms. The van der Waals surface area contributed by atoms with Gasteiger partial charge in [0.1, 0.15) is 11.3 Å². The number of ether oxygens (including phenoxy) is 1. The Kier molecular flexibility index (Phi) is 5.19. The van der Waals surface area contributed by atoms with Gasteiger partial charge in [0, 0.05) is 5.39 Å². The molecule has 1 aromatic heterocycles. The minimum Gasteiger partial charge on any atom is -0.480 e. The van der Waals surface area contributed by atoms with Gasteiger partial charge < -0.3 is 14.3 Å². The zero-order valence-corrected chi connectivity index (χ0v) is 14.1. The minimum absolute atomic E-state index is 0.152. The summed E-state index contributed by atoms with van der Waals surface area (Å²) in [6.45, 7) is -0.485. The van der Waals surface area contributed by atoms with Crippen molar-refractivity contribution in [2.24, 2.45) is 5.10 Å². The molecule has 1 heterocycles. The summed E-state index contributed by atoms with van der Waals surface area (Å²) in [5.41, 5.74) is 3.58. The Labute approximate surface area is 152 Å². The third-order valence-corrected chi connectivity index (χ3v) is 3.63. The van der Waals surface area contributed by atoms with Gasteiger partial charge in [0.15, 0.2) is 12.4 Å². The number of hydrazone groups is 1. The zero-order chi connectivity index (χ0) is 18.5. The highest BCUT2D eigenvalue weighted by atomic mass is 35.5. The summed E-state index contributed by atoms with van der Waals surface area (Å²) in [4.78, 5) is 22.5. The Balaban J connectivity index is 1.63. The van der Waals surface area contributed by atoms with Gasteiger partial charge in [0.05, 0.1) is 11.2 Å². The Morgan fingerprint density at radius 1 is 1.23 bits per heavy atom. The van der Waals surface area contributed by atoms with Crippen LogP contribution in [0.25, 0.3) is 11.0 Å². The number of aliphatic carboxylic acids is 1. The van der Waals surface area contributed by atoms with Crippen molar-refractivity contribution < 1.29 is 23.8 Å². The van der Waals surface area contributed by atoms with E-state index in [9.17, 15) is 9.59 Å². The molecule has 8 heteroatoms. The Hall–Kier alpha value is -3.32. The lowest BCUT2D eigenvalue weighted by atomic mass is 10.2. The molecule has 0 aliphatic rings. The number of carboxylic acid groups (broad SMARTS) is 1. The molecule has 0 bridgehead atoms. The first-order valence-electron chi connectivity index (χ1n) is 7.49. The highest BCUT2D eigenvalue weighted by Gasteiger charge is 2.11. The second kappa shape index (κ2) is 7.71. The maximum atomic E-state index is 12.1. The van der Waals surface area contributed by atoms with E-state index in [1.807, 2.05) is 18.2 Å². The number of carboxylic acids is 1. The summed E-state index contributed by atoms with van der Waals surface area (Å²) in [5.74, 6) is -1.18. The maximum absolute atomic E-state index is 12.1. The van der Waals surface area contributed by atoms with Crippen LogP contribution in [0.5, 0.6) is 5.75 Å². The van der Waals surface area contributed by atoms with Crippen LogP contribution >= 0.6 is 11.6 Å². The molecule has 0 atom stereocenters. The first-order chi connectivity index (χ1) is 12.5. The average Bonchev–Trinajstić information content (AvgIpc) is 3.05. The molecular weight excluding hydrogens is 360 g/mol. The molecule has 3 aromatic rings. The van der Waals surface area contributed by atoms with Crippen LogP contribution in [-0.2, 0) is 4.79 Å². The van der Waals surface area contributed by atoms with Crippen LogP contribution in [0, 0.1) is 0 Å². The zero-order valence-electron chi connectivity index (χ0n) is 13.3. The number of para-hydroxylation sites is 1. The van der Waals surface area contributed by atoms with E-state index in [1.165, 1.54) is 18.3 Å². The number of benzene rings is 2. The van der Waals surface area contributed by atoms with Gasteiger partial charge in [0.25, 0.3) is 0 Å². The topological polar surface area (TPSA) is 101 Å². The van der Waals surface area contributed by atoms with Gasteiger partial charge in [-0.05, 0) is 35.9 Å². The molecule has 0 radical (unpaired) electrons. The second-order valence-electron chi connectivity index (χ2n) is 5.22. The summed E-state index contributed by atoms with van der Waals surface area (Å²) in [7, 11) is 0. The number of rotatable bonds is 6. The summed E-state index contributed by atoms with van der Waals surface area (Å²) in [6, 6.07) is 13.6. The van der Waals surface area contributed by atoms with Gasteiger partial charge in [-0.1, -0.05) is 29.8 Å². The van der Waals surface area contributed by atoms with Crippen molar-refractivity contribution in [2.45, 2.75) is 0 Å². The first kappa shape index (κ1) is 17.5. The molecule has 1 amide bonds. The van der Waals surface area contributed by atoms with Gasteiger partial charge in [-0.3, -0.25) is 4.79 Å². The highest BCUT2D eigenvalue weighted by Crippen LogP contribution is 2.25. The molecule has 0 saturated carbocycles. The Morgan fingerprint density at radius 3 is 2.77 bits per heavy atom. The highest BCUT2D eigenvalue weighted by molar-refractivity contribution is 6.32. The van der Waals surface area contributed by atoms with E-state index in [0.717, 1.165) is 5.39 Å². The summed E-state index contributed by atoms with van der Waals surface area (Å²) in [6.07, 6.45) is 1.40. The third kappa shape index (κ3) is 4.20. The normalized spacial score (nSPS) is 11.0. The Morgan fingerprint density at radius 2 is 2.04 bits per heavy atom. The van der Waals surface area contributed by atoms with Crippen LogP contribution in [0.3, 0.4) is 0 Å². The lowest BCUT2D eigenvalue weighted by Crippen LogP contribution is -2.16. The lowest BCUT2D eigenvalue weighted by molar-refractivity contribution is -0.139. The number of hydrogen-bond acceptors (Lipinski definition) is 5. The number of hydrogen-bond donors (Lipinski definition) is 2. The van der Waals surface area contributed by atoms with E-state index in [-0.39, 0.29) is 16.5 Å². The van der Waals surface area contributed by atoms with Crippen molar-refractivity contribution in [3.8, 4) is 5.75 Å². The summed E-state index contributed by atoms with van der Waals surface area (Å²) < 4.78 is 10.5. The van der Waals surface area contributed by atoms with Crippen molar-refractivity contribution >= 4 is 40.7 Å². The minimum atomic E-state index is -1.10. The smallest absolute Gasteiger partial charge is 0.341 e. The number of halogens is 1. The molecule has 132 valence electrons. The van der Waals surface area contributed by atoms with E-state index in [0.29, 0.717) is 11.1 Å². The fourth-order valence-electron chi connectivity index (χ4n) is 2.17. The van der Waals surface area contributed by atoms with Crippen molar-refractivity contribution in [3.05, 3.63) is 64.9 Å². The van der Waals surface area contributed by atoms with E-state index < -0.39 is 18.5 Å². The molecule has 26 heavy (non-hydrogen) atoms. The van der Waals surface area contributed by atoms with Gasteiger partial charge >= 0.3 is 11.9 Å². The largest absolute Gasteiger partial charge is 0.480 e.